The van der Waals surface area contributed by atoms with Gasteiger partial charge in [0.1, 0.15) is 11.6 Å². The van der Waals surface area contributed by atoms with Gasteiger partial charge >= 0.3 is 0 Å². The fourth-order valence-corrected chi connectivity index (χ4v) is 4.21. The molecule has 29 heavy (non-hydrogen) atoms. The van der Waals surface area contributed by atoms with Crippen LogP contribution >= 0.6 is 0 Å². The number of aryl methyl sites for hydroxylation is 1. The number of rotatable bonds is 3. The summed E-state index contributed by atoms with van der Waals surface area (Å²) in [4.78, 5) is 16.5. The summed E-state index contributed by atoms with van der Waals surface area (Å²) >= 11 is 0. The van der Waals surface area contributed by atoms with Crippen molar-refractivity contribution >= 4 is 23.1 Å². The van der Waals surface area contributed by atoms with Crippen molar-refractivity contribution in [3.8, 4) is 0 Å². The number of benzene rings is 2. The average molecular weight is 389 g/mol. The molecule has 148 valence electrons. The van der Waals surface area contributed by atoms with Crippen LogP contribution in [-0.2, 0) is 6.42 Å². The maximum absolute atomic E-state index is 13.2. The van der Waals surface area contributed by atoms with E-state index in [1.807, 2.05) is 19.1 Å². The Bertz CT molecular complexity index is 1010. The van der Waals surface area contributed by atoms with Crippen LogP contribution in [0.3, 0.4) is 0 Å². The van der Waals surface area contributed by atoms with Crippen LogP contribution in [0.1, 0.15) is 11.3 Å². The predicted octanol–water partition coefficient (Wildman–Crippen LogP) is 3.94. The van der Waals surface area contributed by atoms with E-state index in [-0.39, 0.29) is 5.82 Å². The van der Waals surface area contributed by atoms with Gasteiger partial charge in [-0.15, -0.1) is 0 Å². The molecule has 1 aromatic heterocycles. The molecule has 0 aliphatic carbocycles. The van der Waals surface area contributed by atoms with Crippen molar-refractivity contribution in [1.29, 1.82) is 0 Å². The second-order valence-corrected chi connectivity index (χ2v) is 7.65. The van der Waals surface area contributed by atoms with Gasteiger partial charge in [0.15, 0.2) is 0 Å². The molecule has 0 amide bonds. The number of halogens is 1. The number of para-hydroxylation sites is 1. The maximum atomic E-state index is 13.2. The van der Waals surface area contributed by atoms with E-state index in [0.717, 1.165) is 62.3 Å². The van der Waals surface area contributed by atoms with Gasteiger partial charge in [0.05, 0.1) is 0 Å². The predicted molar refractivity (Wildman–Crippen MR) is 115 cm³/mol. The highest BCUT2D eigenvalue weighted by Crippen LogP contribution is 2.34. The Labute approximate surface area is 170 Å². The minimum atomic E-state index is -0.198. The van der Waals surface area contributed by atoms with Gasteiger partial charge in [0.2, 0.25) is 5.95 Å². The Hall–Kier alpha value is -3.15. The van der Waals surface area contributed by atoms with Gasteiger partial charge in [-0.25, -0.2) is 9.37 Å². The van der Waals surface area contributed by atoms with Crippen molar-refractivity contribution in [2.75, 3.05) is 47.4 Å². The number of piperazine rings is 1. The molecular formula is C23H24FN5. The van der Waals surface area contributed by atoms with Crippen LogP contribution in [0.2, 0.25) is 0 Å². The van der Waals surface area contributed by atoms with E-state index in [1.54, 1.807) is 0 Å². The van der Waals surface area contributed by atoms with Crippen LogP contribution < -0.4 is 14.7 Å². The molecule has 0 saturated carbocycles. The molecule has 2 aromatic carbocycles. The first-order valence-electron chi connectivity index (χ1n) is 10.1. The van der Waals surface area contributed by atoms with Crippen molar-refractivity contribution in [1.82, 2.24) is 9.97 Å². The second kappa shape index (κ2) is 7.35. The zero-order valence-electron chi connectivity index (χ0n) is 16.6. The minimum Gasteiger partial charge on any atom is -0.368 e. The molecule has 1 saturated heterocycles. The molecule has 2 aliphatic heterocycles. The van der Waals surface area contributed by atoms with Crippen LogP contribution in [0, 0.1) is 12.7 Å². The van der Waals surface area contributed by atoms with Crippen LogP contribution in [0.4, 0.5) is 27.5 Å². The lowest BCUT2D eigenvalue weighted by Crippen LogP contribution is -2.47. The number of hydrogen-bond acceptors (Lipinski definition) is 5. The van der Waals surface area contributed by atoms with Crippen molar-refractivity contribution in [2.45, 2.75) is 13.3 Å². The SMILES string of the molecule is Cc1cc(N2CCc3ccccc32)nc(N2CCN(c3ccc(F)cc3)CC2)n1. The Morgan fingerprint density at radius 2 is 1.55 bits per heavy atom. The third kappa shape index (κ3) is 3.50. The highest BCUT2D eigenvalue weighted by molar-refractivity contribution is 5.68. The summed E-state index contributed by atoms with van der Waals surface area (Å²) in [6.07, 6.45) is 1.05. The molecule has 0 bridgehead atoms. The van der Waals surface area contributed by atoms with Crippen molar-refractivity contribution < 1.29 is 4.39 Å². The van der Waals surface area contributed by atoms with Gasteiger partial charge in [0, 0.05) is 55.9 Å². The average Bonchev–Trinajstić information content (AvgIpc) is 3.18. The third-order valence-corrected chi connectivity index (χ3v) is 5.75. The fraction of sp³-hybridized carbons (Fsp3) is 0.304. The van der Waals surface area contributed by atoms with Crippen LogP contribution in [-0.4, -0.2) is 42.7 Å². The zero-order valence-corrected chi connectivity index (χ0v) is 16.6. The van der Waals surface area contributed by atoms with Crippen LogP contribution in [0.25, 0.3) is 0 Å². The Morgan fingerprint density at radius 1 is 0.828 bits per heavy atom. The first-order chi connectivity index (χ1) is 14.2. The van der Waals surface area contributed by atoms with Gasteiger partial charge < -0.3 is 14.7 Å². The first-order valence-corrected chi connectivity index (χ1v) is 10.1. The molecule has 0 unspecified atom stereocenters. The van der Waals surface area contributed by atoms with E-state index in [0.29, 0.717) is 0 Å². The highest BCUT2D eigenvalue weighted by Gasteiger charge is 2.24. The summed E-state index contributed by atoms with van der Waals surface area (Å²) in [5.41, 5.74) is 4.66. The van der Waals surface area contributed by atoms with Crippen LogP contribution in [0.5, 0.6) is 0 Å². The molecule has 5 nitrogen and oxygen atoms in total. The lowest BCUT2D eigenvalue weighted by molar-refractivity contribution is 0.623. The molecule has 2 aliphatic rings. The summed E-state index contributed by atoms with van der Waals surface area (Å²) in [7, 11) is 0. The Morgan fingerprint density at radius 3 is 2.34 bits per heavy atom. The molecule has 0 spiro atoms. The van der Waals surface area contributed by atoms with E-state index < -0.39 is 0 Å². The van der Waals surface area contributed by atoms with Crippen molar-refractivity contribution in [3.05, 3.63) is 71.7 Å². The maximum Gasteiger partial charge on any atom is 0.227 e. The molecule has 6 heteroatoms. The molecule has 0 atom stereocenters. The summed E-state index contributed by atoms with van der Waals surface area (Å²) in [6.45, 7) is 6.41. The monoisotopic (exact) mass is 389 g/mol. The number of anilines is 4. The van der Waals surface area contributed by atoms with Gasteiger partial charge in [-0.05, 0) is 49.2 Å². The van der Waals surface area contributed by atoms with Crippen molar-refractivity contribution in [2.24, 2.45) is 0 Å². The zero-order chi connectivity index (χ0) is 19.8. The number of nitrogens with zero attached hydrogens (tertiary/aromatic N) is 5. The van der Waals surface area contributed by atoms with E-state index >= 15 is 0 Å². The second-order valence-electron chi connectivity index (χ2n) is 7.65. The lowest BCUT2D eigenvalue weighted by atomic mass is 10.2. The third-order valence-electron chi connectivity index (χ3n) is 5.75. The number of hydrogen-bond donors (Lipinski definition) is 0. The topological polar surface area (TPSA) is 35.5 Å². The molecule has 3 heterocycles. The molecular weight excluding hydrogens is 365 g/mol. The fourth-order valence-electron chi connectivity index (χ4n) is 4.21. The molecule has 0 radical (unpaired) electrons. The Balaban J connectivity index is 1.34. The van der Waals surface area contributed by atoms with Crippen LogP contribution in [0.15, 0.2) is 54.6 Å². The van der Waals surface area contributed by atoms with Gasteiger partial charge in [-0.3, -0.25) is 0 Å². The van der Waals surface area contributed by atoms with Gasteiger partial charge in [0.25, 0.3) is 0 Å². The largest absolute Gasteiger partial charge is 0.368 e. The van der Waals surface area contributed by atoms with E-state index in [1.165, 1.54) is 23.4 Å². The molecule has 5 rings (SSSR count). The number of fused-ring (bicyclic) bond motifs is 1. The smallest absolute Gasteiger partial charge is 0.227 e. The highest BCUT2D eigenvalue weighted by atomic mass is 19.1. The summed E-state index contributed by atoms with van der Waals surface area (Å²) < 4.78 is 13.2. The van der Waals surface area contributed by atoms with Crippen molar-refractivity contribution in [3.63, 3.8) is 0 Å². The molecule has 3 aromatic rings. The summed E-state index contributed by atoms with van der Waals surface area (Å²) in [5.74, 6) is 1.57. The van der Waals surface area contributed by atoms with E-state index in [9.17, 15) is 4.39 Å². The normalized spacial score (nSPS) is 16.3. The van der Waals surface area contributed by atoms with E-state index in [2.05, 4.69) is 45.0 Å². The van der Waals surface area contributed by atoms with Gasteiger partial charge in [-0.2, -0.15) is 4.98 Å². The lowest BCUT2D eigenvalue weighted by Gasteiger charge is -2.36. The minimum absolute atomic E-state index is 0.198. The molecule has 1 fully saturated rings. The van der Waals surface area contributed by atoms with Gasteiger partial charge in [-0.1, -0.05) is 18.2 Å². The van der Waals surface area contributed by atoms with E-state index in [4.69, 9.17) is 9.97 Å². The molecule has 0 N–H and O–H groups in total. The summed E-state index contributed by atoms with van der Waals surface area (Å²) in [6, 6.07) is 17.3. The quantitative estimate of drug-likeness (QED) is 0.678. The summed E-state index contributed by atoms with van der Waals surface area (Å²) in [5, 5.41) is 0. The first kappa shape index (κ1) is 17.9. The Kier molecular flexibility index (Phi) is 4.54. The standard InChI is InChI=1S/C23H24FN5/c1-17-16-22(29-11-10-18-4-2-3-5-21(18)29)26-23(25-17)28-14-12-27(13-15-28)20-8-6-19(24)7-9-20/h2-9,16H,10-15H2,1H3. The number of aromatic nitrogens is 2.